The Labute approximate surface area is 326 Å². The van der Waals surface area contributed by atoms with Crippen molar-refractivity contribution in [3.63, 3.8) is 0 Å². The third-order valence-corrected chi connectivity index (χ3v) is 11.2. The van der Waals surface area contributed by atoms with Crippen LogP contribution in [0.4, 0.5) is 0 Å². The van der Waals surface area contributed by atoms with Gasteiger partial charge in [-0.05, 0) is 60.7 Å². The van der Waals surface area contributed by atoms with E-state index < -0.39 is 0 Å². The fourth-order valence-corrected chi connectivity index (χ4v) is 8.63. The van der Waals surface area contributed by atoms with Crippen LogP contribution < -0.4 is 0 Å². The molecule has 0 amide bonds. The molecule has 6 heteroatoms. The van der Waals surface area contributed by atoms with Gasteiger partial charge >= 0.3 is 0 Å². The van der Waals surface area contributed by atoms with Crippen LogP contribution in [-0.4, -0.2) is 24.1 Å². The molecule has 266 valence electrons. The summed E-state index contributed by atoms with van der Waals surface area (Å²) in [7, 11) is 0. The van der Waals surface area contributed by atoms with Gasteiger partial charge in [0.05, 0.1) is 22.1 Å². The molecule has 0 N–H and O–H groups in total. The molecular weight excluding hydrogens is 699 g/mol. The summed E-state index contributed by atoms with van der Waals surface area (Å²) in [5, 5.41) is 6.97. The first-order valence-corrected chi connectivity index (χ1v) is 19.1. The normalized spacial score (nSPS) is 11.9. The minimum atomic E-state index is 0.582. The van der Waals surface area contributed by atoms with E-state index in [9.17, 15) is 0 Å². The van der Waals surface area contributed by atoms with Crippen LogP contribution in [0.1, 0.15) is 0 Å². The van der Waals surface area contributed by atoms with Crippen LogP contribution in [-0.2, 0) is 0 Å². The number of aromatic nitrogens is 5. The smallest absolute Gasteiger partial charge is 0.164 e. The van der Waals surface area contributed by atoms with Gasteiger partial charge in [-0.25, -0.2) is 15.0 Å². The zero-order valence-electron chi connectivity index (χ0n) is 30.5. The van der Waals surface area contributed by atoms with Crippen molar-refractivity contribution in [2.24, 2.45) is 0 Å². The highest BCUT2D eigenvalue weighted by molar-refractivity contribution is 6.26. The monoisotopic (exact) mass is 729 g/mol. The fourth-order valence-electron chi connectivity index (χ4n) is 8.63. The molecular formula is C51H31N5O. The van der Waals surface area contributed by atoms with Crippen LogP contribution in [0, 0.1) is 0 Å². The highest BCUT2D eigenvalue weighted by atomic mass is 16.3. The van der Waals surface area contributed by atoms with Crippen molar-refractivity contribution < 1.29 is 4.42 Å². The quantitative estimate of drug-likeness (QED) is 0.177. The van der Waals surface area contributed by atoms with E-state index in [1.54, 1.807) is 0 Å². The third-order valence-electron chi connectivity index (χ3n) is 11.2. The van der Waals surface area contributed by atoms with Crippen LogP contribution in [0.2, 0.25) is 0 Å². The number of para-hydroxylation sites is 4. The first-order valence-electron chi connectivity index (χ1n) is 19.1. The highest BCUT2D eigenvalue weighted by Gasteiger charge is 2.21. The molecule has 0 saturated carbocycles. The van der Waals surface area contributed by atoms with Gasteiger partial charge in [0.25, 0.3) is 0 Å². The molecule has 0 spiro atoms. The second-order valence-electron chi connectivity index (χ2n) is 14.4. The largest absolute Gasteiger partial charge is 0.456 e. The fraction of sp³-hybridized carbons (Fsp3) is 0. The predicted molar refractivity (Wildman–Crippen MR) is 232 cm³/mol. The number of hydrogen-bond acceptors (Lipinski definition) is 4. The second-order valence-corrected chi connectivity index (χ2v) is 14.4. The molecule has 4 aromatic heterocycles. The van der Waals surface area contributed by atoms with Gasteiger partial charge in [-0.15, -0.1) is 0 Å². The predicted octanol–water partition coefficient (Wildman–Crippen LogP) is 13.0. The summed E-state index contributed by atoms with van der Waals surface area (Å²) in [6.07, 6.45) is 0. The summed E-state index contributed by atoms with van der Waals surface area (Å²) in [6.45, 7) is 0. The number of nitrogens with zero attached hydrogens (tertiary/aromatic N) is 5. The van der Waals surface area contributed by atoms with E-state index in [1.165, 1.54) is 27.1 Å². The zero-order valence-corrected chi connectivity index (χ0v) is 30.5. The summed E-state index contributed by atoms with van der Waals surface area (Å²) in [6, 6.07) is 65.6. The van der Waals surface area contributed by atoms with E-state index in [2.05, 4.69) is 143 Å². The van der Waals surface area contributed by atoms with Gasteiger partial charge in [-0.3, -0.25) is 0 Å². The van der Waals surface area contributed by atoms with Gasteiger partial charge in [-0.1, -0.05) is 127 Å². The SMILES string of the molecule is c1ccc(-c2nc(-c3cccc(-n4c5ccccc5c5ccc6c(c7ccccc7n6-c6ccccc6)c54)c3)nc(-c3ccc4c(c3)oc3ccccc34)n2)cc1. The van der Waals surface area contributed by atoms with E-state index in [0.717, 1.165) is 66.6 Å². The van der Waals surface area contributed by atoms with Crippen LogP contribution in [0.3, 0.4) is 0 Å². The molecule has 0 unspecified atom stereocenters. The molecule has 0 aliphatic rings. The second kappa shape index (κ2) is 12.3. The Balaban J connectivity index is 1.09. The maximum absolute atomic E-state index is 6.28. The first kappa shape index (κ1) is 31.5. The summed E-state index contributed by atoms with van der Waals surface area (Å²) in [5.74, 6) is 1.79. The Hall–Kier alpha value is -7.83. The molecule has 0 radical (unpaired) electrons. The number of fused-ring (bicyclic) bond motifs is 10. The third kappa shape index (κ3) is 4.87. The number of benzene rings is 8. The molecule has 0 bridgehead atoms. The van der Waals surface area contributed by atoms with Crippen LogP contribution in [0.5, 0.6) is 0 Å². The van der Waals surface area contributed by atoms with Gasteiger partial charge in [0.1, 0.15) is 11.2 Å². The molecule has 4 heterocycles. The Morgan fingerprint density at radius 3 is 1.68 bits per heavy atom. The van der Waals surface area contributed by atoms with Crippen molar-refractivity contribution in [1.29, 1.82) is 0 Å². The maximum atomic E-state index is 6.28. The number of hydrogen-bond donors (Lipinski definition) is 0. The lowest BCUT2D eigenvalue weighted by Crippen LogP contribution is -2.01. The lowest BCUT2D eigenvalue weighted by atomic mass is 10.1. The van der Waals surface area contributed by atoms with E-state index >= 15 is 0 Å². The molecule has 0 saturated heterocycles. The number of furan rings is 1. The zero-order chi connectivity index (χ0) is 37.5. The number of rotatable bonds is 5. The van der Waals surface area contributed by atoms with E-state index in [1.807, 2.05) is 54.6 Å². The Bertz CT molecular complexity index is 3520. The molecule has 6 nitrogen and oxygen atoms in total. The molecule has 57 heavy (non-hydrogen) atoms. The van der Waals surface area contributed by atoms with Gasteiger partial charge in [0.15, 0.2) is 17.5 Å². The lowest BCUT2D eigenvalue weighted by molar-refractivity contribution is 0.669. The molecule has 0 aliphatic carbocycles. The van der Waals surface area contributed by atoms with Crippen LogP contribution >= 0.6 is 0 Å². The van der Waals surface area contributed by atoms with E-state index in [0.29, 0.717) is 17.5 Å². The summed E-state index contributed by atoms with van der Waals surface area (Å²) in [5.41, 5.74) is 11.1. The topological polar surface area (TPSA) is 61.7 Å². The Morgan fingerprint density at radius 2 is 0.895 bits per heavy atom. The average molecular weight is 730 g/mol. The highest BCUT2D eigenvalue weighted by Crippen LogP contribution is 2.42. The minimum Gasteiger partial charge on any atom is -0.456 e. The van der Waals surface area contributed by atoms with Gasteiger partial charge in [0.2, 0.25) is 0 Å². The summed E-state index contributed by atoms with van der Waals surface area (Å²) in [4.78, 5) is 15.3. The van der Waals surface area contributed by atoms with Crippen LogP contribution in [0.15, 0.2) is 192 Å². The molecule has 0 fully saturated rings. The molecule has 12 rings (SSSR count). The van der Waals surface area contributed by atoms with E-state index in [4.69, 9.17) is 19.4 Å². The standard InChI is InChI=1S/C51H31N5O/c1-3-14-32(15-4-1)49-52-50(54-51(53-49)34-26-27-39-38-21-9-12-25-45(38)57-46(39)31-34)33-16-13-19-36(30-33)56-42-23-10-7-20-37(42)40-28-29-44-47(48(40)56)41-22-8-11-24-43(41)55(44)35-17-5-2-6-18-35/h1-31H. The lowest BCUT2D eigenvalue weighted by Gasteiger charge is -2.12. The molecule has 0 aliphatic heterocycles. The molecule has 0 atom stereocenters. The van der Waals surface area contributed by atoms with Crippen molar-refractivity contribution in [2.75, 3.05) is 0 Å². The van der Waals surface area contributed by atoms with Gasteiger partial charge in [0, 0.05) is 60.4 Å². The summed E-state index contributed by atoms with van der Waals surface area (Å²) >= 11 is 0. The van der Waals surface area contributed by atoms with Gasteiger partial charge in [-0.2, -0.15) is 0 Å². The van der Waals surface area contributed by atoms with Crippen molar-refractivity contribution in [2.45, 2.75) is 0 Å². The molecule has 12 aromatic rings. The Kier molecular flexibility index (Phi) is 6.83. The van der Waals surface area contributed by atoms with Crippen molar-refractivity contribution in [3.05, 3.63) is 188 Å². The molecule has 8 aromatic carbocycles. The van der Waals surface area contributed by atoms with Crippen molar-refractivity contribution in [3.8, 4) is 45.5 Å². The van der Waals surface area contributed by atoms with Gasteiger partial charge < -0.3 is 13.6 Å². The van der Waals surface area contributed by atoms with Crippen molar-refractivity contribution in [1.82, 2.24) is 24.1 Å². The Morgan fingerprint density at radius 1 is 0.333 bits per heavy atom. The van der Waals surface area contributed by atoms with E-state index in [-0.39, 0.29) is 0 Å². The van der Waals surface area contributed by atoms with Crippen molar-refractivity contribution >= 4 is 65.6 Å². The minimum absolute atomic E-state index is 0.582. The van der Waals surface area contributed by atoms with Crippen LogP contribution in [0.25, 0.3) is 111 Å². The first-order chi connectivity index (χ1) is 28.3. The maximum Gasteiger partial charge on any atom is 0.164 e. The summed E-state index contributed by atoms with van der Waals surface area (Å²) < 4.78 is 11.1. The average Bonchev–Trinajstić information content (AvgIpc) is 3.94.